The minimum Gasteiger partial charge on any atom is -0.497 e. The van der Waals surface area contributed by atoms with E-state index >= 15 is 0 Å². The number of ether oxygens (including phenoxy) is 1. The number of aromatic nitrogens is 1. The predicted octanol–water partition coefficient (Wildman–Crippen LogP) is 3.10. The summed E-state index contributed by atoms with van der Waals surface area (Å²) >= 11 is 0. The Hall–Kier alpha value is -2.58. The zero-order valence-electron chi connectivity index (χ0n) is 16.5. The molecular weight excluding hydrogens is 392 g/mol. The van der Waals surface area contributed by atoms with Gasteiger partial charge in [-0.05, 0) is 54.7 Å². The van der Waals surface area contributed by atoms with Crippen LogP contribution in [0.2, 0.25) is 0 Å². The van der Waals surface area contributed by atoms with E-state index in [-0.39, 0.29) is 10.8 Å². The van der Waals surface area contributed by atoms with Crippen molar-refractivity contribution in [2.45, 2.75) is 30.1 Å². The van der Waals surface area contributed by atoms with Crippen molar-refractivity contribution in [1.29, 1.82) is 0 Å². The van der Waals surface area contributed by atoms with Gasteiger partial charge in [0.05, 0.1) is 17.5 Å². The molecule has 29 heavy (non-hydrogen) atoms. The molecule has 1 unspecified atom stereocenters. The lowest BCUT2D eigenvalue weighted by Gasteiger charge is -2.24. The summed E-state index contributed by atoms with van der Waals surface area (Å²) in [6.45, 7) is 0.911. The number of rotatable bonds is 4. The third kappa shape index (κ3) is 3.70. The monoisotopic (exact) mass is 416 g/mol. The Kier molecular flexibility index (Phi) is 5.23. The number of nitrogens with zero attached hydrogens (tertiary/aromatic N) is 2. The lowest BCUT2D eigenvalue weighted by molar-refractivity contribution is 0.404. The van der Waals surface area contributed by atoms with Crippen molar-refractivity contribution in [2.24, 2.45) is 7.05 Å². The molecule has 0 radical (unpaired) electrons. The zero-order chi connectivity index (χ0) is 20.6. The van der Waals surface area contributed by atoms with Crippen LogP contribution < -0.4 is 10.5 Å². The van der Waals surface area contributed by atoms with Gasteiger partial charge in [-0.3, -0.25) is 4.57 Å². The molecule has 154 valence electrons. The first-order valence-electron chi connectivity index (χ1n) is 9.64. The predicted molar refractivity (Wildman–Crippen MR) is 110 cm³/mol. The largest absolute Gasteiger partial charge is 0.497 e. The van der Waals surface area contributed by atoms with Crippen LogP contribution in [0.1, 0.15) is 30.7 Å². The zero-order valence-corrected chi connectivity index (χ0v) is 17.3. The molecule has 0 amide bonds. The maximum atomic E-state index is 13.4. The van der Waals surface area contributed by atoms with Gasteiger partial charge in [-0.2, -0.15) is 4.31 Å². The molecule has 1 fully saturated rings. The Labute approximate surface area is 169 Å². The summed E-state index contributed by atoms with van der Waals surface area (Å²) in [5, 5.41) is 0. The molecule has 1 atom stereocenters. The van der Waals surface area contributed by atoms with Crippen LogP contribution in [0.25, 0.3) is 11.1 Å². The second-order valence-electron chi connectivity index (χ2n) is 7.39. The van der Waals surface area contributed by atoms with Crippen molar-refractivity contribution in [3.63, 3.8) is 0 Å². The summed E-state index contributed by atoms with van der Waals surface area (Å²) < 4.78 is 40.0. The molecule has 3 aromatic rings. The number of oxazole rings is 1. The lowest BCUT2D eigenvalue weighted by Crippen LogP contribution is -2.34. The first kappa shape index (κ1) is 19.7. The maximum Gasteiger partial charge on any atom is 0.419 e. The number of benzene rings is 2. The van der Waals surface area contributed by atoms with Crippen LogP contribution in [-0.4, -0.2) is 37.5 Å². The van der Waals surface area contributed by atoms with Crippen LogP contribution in [0.3, 0.4) is 0 Å². The van der Waals surface area contributed by atoms with Crippen molar-refractivity contribution < 1.29 is 17.6 Å². The number of fused-ring (bicyclic) bond motifs is 1. The highest BCUT2D eigenvalue weighted by Gasteiger charge is 2.30. The molecule has 2 aromatic carbocycles. The minimum atomic E-state index is -3.69. The molecule has 0 spiro atoms. The van der Waals surface area contributed by atoms with Crippen LogP contribution >= 0.6 is 0 Å². The summed E-state index contributed by atoms with van der Waals surface area (Å²) in [6, 6.07) is 12.4. The van der Waals surface area contributed by atoms with Gasteiger partial charge in [-0.15, -0.1) is 0 Å². The van der Waals surface area contributed by atoms with Gasteiger partial charge >= 0.3 is 5.76 Å². The molecule has 1 saturated heterocycles. The van der Waals surface area contributed by atoms with Gasteiger partial charge in [0.2, 0.25) is 10.0 Å². The first-order valence-corrected chi connectivity index (χ1v) is 11.1. The molecule has 0 bridgehead atoms. The van der Waals surface area contributed by atoms with E-state index in [2.05, 4.69) is 0 Å². The number of hydrogen-bond acceptors (Lipinski definition) is 5. The van der Waals surface area contributed by atoms with E-state index < -0.39 is 15.8 Å². The molecule has 8 heteroatoms. The van der Waals surface area contributed by atoms with Gasteiger partial charge in [0.1, 0.15) is 5.75 Å². The van der Waals surface area contributed by atoms with Crippen molar-refractivity contribution in [1.82, 2.24) is 8.87 Å². The van der Waals surface area contributed by atoms with E-state index in [9.17, 15) is 13.2 Å². The highest BCUT2D eigenvalue weighted by molar-refractivity contribution is 7.89. The van der Waals surface area contributed by atoms with Gasteiger partial charge in [-0.25, -0.2) is 13.2 Å². The Balaban J connectivity index is 1.66. The summed E-state index contributed by atoms with van der Waals surface area (Å²) in [5.41, 5.74) is 1.96. The van der Waals surface area contributed by atoms with Crippen molar-refractivity contribution in [3.05, 3.63) is 58.6 Å². The van der Waals surface area contributed by atoms with Crippen LogP contribution in [-0.2, 0) is 17.1 Å². The normalized spacial score (nSPS) is 18.6. The van der Waals surface area contributed by atoms with E-state index in [0.717, 1.165) is 30.6 Å². The first-order chi connectivity index (χ1) is 13.9. The lowest BCUT2D eigenvalue weighted by atomic mass is 9.94. The molecule has 2 heterocycles. The van der Waals surface area contributed by atoms with E-state index in [4.69, 9.17) is 9.15 Å². The SMILES string of the molecule is COc1ccc(C2CCCCN(S(=O)(=O)c3ccc4oc(=O)n(C)c4c3)C2)cc1. The van der Waals surface area contributed by atoms with E-state index in [1.807, 2.05) is 24.3 Å². The smallest absolute Gasteiger partial charge is 0.419 e. The van der Waals surface area contributed by atoms with E-state index in [1.165, 1.54) is 16.7 Å². The molecule has 0 aliphatic carbocycles. The molecule has 0 saturated carbocycles. The summed E-state index contributed by atoms with van der Waals surface area (Å²) in [6.07, 6.45) is 2.73. The second-order valence-corrected chi connectivity index (χ2v) is 9.32. The third-order valence-electron chi connectivity index (χ3n) is 5.62. The van der Waals surface area contributed by atoms with Gasteiger partial charge in [0, 0.05) is 20.1 Å². The minimum absolute atomic E-state index is 0.125. The molecule has 7 nitrogen and oxygen atoms in total. The number of aryl methyl sites for hydroxylation is 1. The summed E-state index contributed by atoms with van der Waals surface area (Å²) in [5.74, 6) is 0.398. The molecule has 0 N–H and O–H groups in total. The fourth-order valence-electron chi connectivity index (χ4n) is 3.89. The Morgan fingerprint density at radius 1 is 1.10 bits per heavy atom. The van der Waals surface area contributed by atoms with E-state index in [0.29, 0.717) is 24.2 Å². The Bertz CT molecular complexity index is 1180. The molecule has 4 rings (SSSR count). The van der Waals surface area contributed by atoms with Crippen LogP contribution in [0.15, 0.2) is 56.6 Å². The number of methoxy groups -OCH3 is 1. The molecular formula is C21H24N2O5S. The Morgan fingerprint density at radius 2 is 1.86 bits per heavy atom. The third-order valence-corrected chi connectivity index (χ3v) is 7.48. The standard InChI is InChI=1S/C21H24N2O5S/c1-22-19-13-18(10-11-20(19)28-21(22)24)29(25,26)23-12-4-3-5-16(14-23)15-6-8-17(27-2)9-7-15/h6-11,13,16H,3-5,12,14H2,1-2H3. The van der Waals surface area contributed by atoms with Gasteiger partial charge in [-0.1, -0.05) is 18.6 Å². The van der Waals surface area contributed by atoms with Crippen LogP contribution in [0, 0.1) is 0 Å². The highest BCUT2D eigenvalue weighted by atomic mass is 32.2. The molecule has 1 aliphatic rings. The fraction of sp³-hybridized carbons (Fsp3) is 0.381. The van der Waals surface area contributed by atoms with Gasteiger partial charge < -0.3 is 9.15 Å². The Morgan fingerprint density at radius 3 is 2.59 bits per heavy atom. The summed E-state index contributed by atoms with van der Waals surface area (Å²) in [4.78, 5) is 11.9. The maximum absolute atomic E-state index is 13.4. The van der Waals surface area contributed by atoms with Gasteiger partial charge in [0.15, 0.2) is 5.58 Å². The number of sulfonamides is 1. The molecule has 1 aliphatic heterocycles. The average Bonchev–Trinajstić information content (AvgIpc) is 2.91. The quantitative estimate of drug-likeness (QED) is 0.653. The van der Waals surface area contributed by atoms with E-state index in [1.54, 1.807) is 24.5 Å². The topological polar surface area (TPSA) is 81.8 Å². The highest BCUT2D eigenvalue weighted by Crippen LogP contribution is 2.31. The number of hydrogen-bond donors (Lipinski definition) is 0. The fourth-order valence-corrected chi connectivity index (χ4v) is 5.43. The van der Waals surface area contributed by atoms with Crippen molar-refractivity contribution in [2.75, 3.05) is 20.2 Å². The average molecular weight is 416 g/mol. The van der Waals surface area contributed by atoms with Crippen molar-refractivity contribution in [3.8, 4) is 5.75 Å². The van der Waals surface area contributed by atoms with Crippen LogP contribution in [0.4, 0.5) is 0 Å². The summed E-state index contributed by atoms with van der Waals surface area (Å²) in [7, 11) is -0.494. The molecule has 1 aromatic heterocycles. The second kappa shape index (κ2) is 7.68. The van der Waals surface area contributed by atoms with Crippen molar-refractivity contribution >= 4 is 21.1 Å². The van der Waals surface area contributed by atoms with Crippen LogP contribution in [0.5, 0.6) is 5.75 Å². The van der Waals surface area contributed by atoms with Gasteiger partial charge in [0.25, 0.3) is 0 Å².